The van der Waals surface area contributed by atoms with Gasteiger partial charge in [0.25, 0.3) is 0 Å². The number of amides is 1. The molecule has 0 unspecified atom stereocenters. The van der Waals surface area contributed by atoms with Gasteiger partial charge in [-0.1, -0.05) is 18.5 Å². The summed E-state index contributed by atoms with van der Waals surface area (Å²) in [5.41, 5.74) is 3.46. The topological polar surface area (TPSA) is 74.2 Å². The second-order valence-electron chi connectivity index (χ2n) is 6.70. The van der Waals surface area contributed by atoms with Gasteiger partial charge in [-0.2, -0.15) is 5.10 Å². The van der Waals surface area contributed by atoms with Crippen LogP contribution in [0.2, 0.25) is 5.02 Å². The summed E-state index contributed by atoms with van der Waals surface area (Å²) in [6.07, 6.45) is 1.81. The van der Waals surface area contributed by atoms with Gasteiger partial charge in [0.15, 0.2) is 5.82 Å². The number of carbonyl (C=O) groups is 1. The highest BCUT2D eigenvalue weighted by molar-refractivity contribution is 6.32. The third kappa shape index (κ3) is 2.50. The number of nitrogens with one attached hydrogen (secondary N) is 1. The summed E-state index contributed by atoms with van der Waals surface area (Å²) in [5.74, 6) is -0.870. The standard InChI is InChI=1S/C18H18ClFN4O2/c1-9-6-24(14(26)8-25)7-11-15-10(13-3-4-23(2)22-13)5-12(19)16(20)18(15)21-17(9)11/h3-5,9,21,25H,6-8H2,1-2H3/t9-/m1/s1. The highest BCUT2D eigenvalue weighted by atomic mass is 35.5. The minimum atomic E-state index is -0.544. The first-order valence-electron chi connectivity index (χ1n) is 8.31. The van der Waals surface area contributed by atoms with Crippen LogP contribution >= 0.6 is 11.6 Å². The van der Waals surface area contributed by atoms with Crippen molar-refractivity contribution in [2.75, 3.05) is 13.2 Å². The second-order valence-corrected chi connectivity index (χ2v) is 7.10. The van der Waals surface area contributed by atoms with Gasteiger partial charge in [-0.3, -0.25) is 9.48 Å². The molecule has 136 valence electrons. The van der Waals surface area contributed by atoms with E-state index in [0.717, 1.165) is 16.8 Å². The number of nitrogens with zero attached hydrogens (tertiary/aromatic N) is 3. The van der Waals surface area contributed by atoms with Crippen LogP contribution in [-0.2, 0) is 18.4 Å². The normalized spacial score (nSPS) is 17.0. The molecule has 0 saturated carbocycles. The van der Waals surface area contributed by atoms with Crippen LogP contribution in [0.3, 0.4) is 0 Å². The van der Waals surface area contributed by atoms with E-state index in [-0.39, 0.29) is 16.8 Å². The largest absolute Gasteiger partial charge is 0.387 e. The Labute approximate surface area is 154 Å². The SMILES string of the molecule is C[C@@H]1CN(C(=O)CO)Cc2c1[nH]c1c(F)c(Cl)cc(-c3ccn(C)n3)c21. The van der Waals surface area contributed by atoms with Gasteiger partial charge in [0, 0.05) is 54.5 Å². The fourth-order valence-electron chi connectivity index (χ4n) is 3.71. The monoisotopic (exact) mass is 376 g/mol. The third-order valence-corrected chi connectivity index (χ3v) is 5.19. The molecule has 2 N–H and O–H groups in total. The van der Waals surface area contributed by atoms with E-state index in [1.54, 1.807) is 15.6 Å². The molecule has 1 atom stereocenters. The van der Waals surface area contributed by atoms with Gasteiger partial charge in [-0.15, -0.1) is 0 Å². The molecular weight excluding hydrogens is 359 g/mol. The molecule has 0 spiro atoms. The summed E-state index contributed by atoms with van der Waals surface area (Å²) in [7, 11) is 1.81. The van der Waals surface area contributed by atoms with E-state index in [9.17, 15) is 14.3 Å². The van der Waals surface area contributed by atoms with E-state index in [1.165, 1.54) is 0 Å². The summed E-state index contributed by atoms with van der Waals surface area (Å²) in [6.45, 7) is 2.19. The van der Waals surface area contributed by atoms with Crippen molar-refractivity contribution in [3.05, 3.63) is 40.4 Å². The first-order chi connectivity index (χ1) is 12.4. The van der Waals surface area contributed by atoms with Crippen LogP contribution < -0.4 is 0 Å². The number of aryl methyl sites for hydroxylation is 1. The minimum Gasteiger partial charge on any atom is -0.387 e. The van der Waals surface area contributed by atoms with Gasteiger partial charge in [-0.05, 0) is 12.1 Å². The lowest BCUT2D eigenvalue weighted by molar-refractivity contribution is -0.135. The summed E-state index contributed by atoms with van der Waals surface area (Å²) in [6, 6.07) is 3.42. The third-order valence-electron chi connectivity index (χ3n) is 4.92. The van der Waals surface area contributed by atoms with Gasteiger partial charge in [-0.25, -0.2) is 4.39 Å². The fourth-order valence-corrected chi connectivity index (χ4v) is 3.92. The Kier molecular flexibility index (Phi) is 4.00. The Hall–Kier alpha value is -2.38. The minimum absolute atomic E-state index is 0.0172. The average Bonchev–Trinajstić information content (AvgIpc) is 3.22. The quantitative estimate of drug-likeness (QED) is 0.722. The molecule has 3 heterocycles. The van der Waals surface area contributed by atoms with Gasteiger partial charge >= 0.3 is 0 Å². The van der Waals surface area contributed by atoms with Crippen molar-refractivity contribution in [2.24, 2.45) is 7.05 Å². The molecule has 26 heavy (non-hydrogen) atoms. The van der Waals surface area contributed by atoms with Crippen LogP contribution in [0.1, 0.15) is 24.1 Å². The number of aromatic nitrogens is 3. The highest BCUT2D eigenvalue weighted by Gasteiger charge is 2.31. The molecule has 1 aliphatic heterocycles. The van der Waals surface area contributed by atoms with Crippen molar-refractivity contribution < 1.29 is 14.3 Å². The summed E-state index contributed by atoms with van der Waals surface area (Å²) < 4.78 is 16.4. The first-order valence-corrected chi connectivity index (χ1v) is 8.69. The lowest BCUT2D eigenvalue weighted by Crippen LogP contribution is -2.38. The molecular formula is C18H18ClFN4O2. The fraction of sp³-hybridized carbons (Fsp3) is 0.333. The Morgan fingerprint density at radius 2 is 2.31 bits per heavy atom. The maximum atomic E-state index is 14.7. The molecule has 0 radical (unpaired) electrons. The zero-order valence-electron chi connectivity index (χ0n) is 14.4. The molecule has 0 aliphatic carbocycles. The van der Waals surface area contributed by atoms with Gasteiger partial charge in [0.05, 0.1) is 16.2 Å². The summed E-state index contributed by atoms with van der Waals surface area (Å²) in [4.78, 5) is 16.8. The van der Waals surface area contributed by atoms with Crippen LogP contribution in [0.15, 0.2) is 18.3 Å². The molecule has 3 aromatic rings. The van der Waals surface area contributed by atoms with Crippen LogP contribution in [0.25, 0.3) is 22.2 Å². The van der Waals surface area contributed by atoms with Crippen LogP contribution in [0, 0.1) is 5.82 Å². The molecule has 4 rings (SSSR count). The number of aromatic amines is 1. The molecule has 1 aliphatic rings. The number of rotatable bonds is 2. The average molecular weight is 377 g/mol. The number of H-pyrrole nitrogens is 1. The van der Waals surface area contributed by atoms with Crippen molar-refractivity contribution in [3.63, 3.8) is 0 Å². The van der Waals surface area contributed by atoms with E-state index in [4.69, 9.17) is 11.6 Å². The van der Waals surface area contributed by atoms with Crippen molar-refractivity contribution in [1.29, 1.82) is 0 Å². The van der Waals surface area contributed by atoms with Crippen LogP contribution in [0.5, 0.6) is 0 Å². The molecule has 2 aromatic heterocycles. The van der Waals surface area contributed by atoms with E-state index in [1.807, 2.05) is 26.2 Å². The number of aliphatic hydroxyl groups is 1. The molecule has 1 aromatic carbocycles. The Morgan fingerprint density at radius 3 is 2.96 bits per heavy atom. The van der Waals surface area contributed by atoms with E-state index >= 15 is 0 Å². The summed E-state index contributed by atoms with van der Waals surface area (Å²) >= 11 is 6.12. The number of fused-ring (bicyclic) bond motifs is 3. The van der Waals surface area contributed by atoms with E-state index in [2.05, 4.69) is 10.1 Å². The highest BCUT2D eigenvalue weighted by Crippen LogP contribution is 2.41. The molecule has 6 nitrogen and oxygen atoms in total. The predicted octanol–water partition coefficient (Wildman–Crippen LogP) is 2.80. The smallest absolute Gasteiger partial charge is 0.248 e. The Morgan fingerprint density at radius 1 is 1.54 bits per heavy atom. The molecule has 8 heteroatoms. The van der Waals surface area contributed by atoms with Gasteiger partial charge in [0.2, 0.25) is 5.91 Å². The Balaban J connectivity index is 2.00. The maximum Gasteiger partial charge on any atom is 0.248 e. The summed E-state index contributed by atoms with van der Waals surface area (Å²) in [5, 5.41) is 14.3. The number of benzene rings is 1. The number of aliphatic hydroxyl groups excluding tert-OH is 1. The van der Waals surface area contributed by atoms with Crippen molar-refractivity contribution >= 4 is 28.4 Å². The number of hydrogen-bond donors (Lipinski definition) is 2. The first kappa shape index (κ1) is 17.1. The molecule has 1 amide bonds. The second kappa shape index (κ2) is 6.10. The number of hydrogen-bond acceptors (Lipinski definition) is 3. The van der Waals surface area contributed by atoms with Crippen molar-refractivity contribution in [2.45, 2.75) is 19.4 Å². The van der Waals surface area contributed by atoms with Crippen molar-refractivity contribution in [1.82, 2.24) is 19.7 Å². The zero-order valence-corrected chi connectivity index (χ0v) is 15.1. The lowest BCUT2D eigenvalue weighted by Gasteiger charge is -2.31. The van der Waals surface area contributed by atoms with Gasteiger partial charge in [0.1, 0.15) is 6.61 Å². The zero-order chi connectivity index (χ0) is 18.6. The van der Waals surface area contributed by atoms with Crippen LogP contribution in [0.4, 0.5) is 4.39 Å². The number of halogens is 2. The van der Waals surface area contributed by atoms with E-state index in [0.29, 0.717) is 29.7 Å². The number of carbonyl (C=O) groups excluding carboxylic acids is 1. The maximum absolute atomic E-state index is 14.7. The van der Waals surface area contributed by atoms with Crippen LogP contribution in [-0.4, -0.2) is 43.8 Å². The molecule has 0 fully saturated rings. The van der Waals surface area contributed by atoms with Gasteiger partial charge < -0.3 is 15.0 Å². The lowest BCUT2D eigenvalue weighted by atomic mass is 9.94. The van der Waals surface area contributed by atoms with Crippen molar-refractivity contribution in [3.8, 4) is 11.3 Å². The predicted molar refractivity (Wildman–Crippen MR) is 96.4 cm³/mol. The molecule has 0 bridgehead atoms. The molecule has 0 saturated heterocycles. The Bertz CT molecular complexity index is 1030. The van der Waals surface area contributed by atoms with E-state index < -0.39 is 12.4 Å².